The minimum atomic E-state index is -2.68. The zero-order valence-corrected chi connectivity index (χ0v) is 21.1. The van der Waals surface area contributed by atoms with Gasteiger partial charge in [-0.3, -0.25) is 0 Å². The second kappa shape index (κ2) is 10.6. The van der Waals surface area contributed by atoms with Crippen molar-refractivity contribution in [2.75, 3.05) is 0 Å². The van der Waals surface area contributed by atoms with E-state index in [1.807, 2.05) is 0 Å². The topological polar surface area (TPSA) is 28.7 Å². The SMILES string of the molecule is CCC[CH2][Sn]([CH2]CCC)([CH2]CCC)[c]1c(C#N)c2ccc(C)cc2n1CC. The average molecular weight is 473 g/mol. The molecule has 0 aliphatic heterocycles. The molecule has 0 N–H and O–H groups in total. The van der Waals surface area contributed by atoms with E-state index in [1.165, 1.54) is 68.3 Å². The Balaban J connectivity index is 2.78. The maximum absolute atomic E-state index is 10.2. The molecule has 0 spiro atoms. The Hall–Kier alpha value is -0.951. The standard InChI is InChI=1S/C12H11N2.3C4H9.Sn/c1-3-14-8-10(7-13)11-5-4-9(2)6-12(11)14;3*1-3-4-2;/h4-6H,3H2,1-2H3;3*1,3-4H2,2H3;. The number of unbranched alkanes of at least 4 members (excludes halogenated alkanes) is 3. The molecule has 3 heteroatoms. The van der Waals surface area contributed by atoms with Gasteiger partial charge >= 0.3 is 171 Å². The summed E-state index contributed by atoms with van der Waals surface area (Å²) in [6.07, 6.45) is 7.80. The summed E-state index contributed by atoms with van der Waals surface area (Å²) >= 11 is -2.68. The molecule has 1 aromatic carbocycles. The van der Waals surface area contributed by atoms with Crippen molar-refractivity contribution in [3.05, 3.63) is 29.3 Å². The third kappa shape index (κ3) is 4.73. The van der Waals surface area contributed by atoms with Crippen LogP contribution in [-0.4, -0.2) is 22.9 Å². The summed E-state index contributed by atoms with van der Waals surface area (Å²) in [6.45, 7) is 12.4. The van der Waals surface area contributed by atoms with Gasteiger partial charge in [0.05, 0.1) is 0 Å². The van der Waals surface area contributed by atoms with Gasteiger partial charge in [0, 0.05) is 0 Å². The molecule has 2 rings (SSSR count). The predicted octanol–water partition coefficient (Wildman–Crippen LogP) is 6.90. The van der Waals surface area contributed by atoms with E-state index < -0.39 is 18.4 Å². The number of fused-ring (bicyclic) bond motifs is 1. The molecule has 27 heavy (non-hydrogen) atoms. The normalized spacial score (nSPS) is 11.9. The number of benzene rings is 1. The predicted molar refractivity (Wildman–Crippen MR) is 122 cm³/mol. The van der Waals surface area contributed by atoms with Crippen LogP contribution in [0, 0.1) is 18.3 Å². The number of hydrogen-bond acceptors (Lipinski definition) is 1. The molecule has 0 unspecified atom stereocenters. The second-order valence-corrected chi connectivity index (χ2v) is 21.1. The average Bonchev–Trinajstić information content (AvgIpc) is 3.00. The van der Waals surface area contributed by atoms with Crippen LogP contribution < -0.4 is 3.71 Å². The van der Waals surface area contributed by atoms with E-state index in [0.29, 0.717) is 0 Å². The van der Waals surface area contributed by atoms with Crippen LogP contribution in [0.15, 0.2) is 18.2 Å². The van der Waals surface area contributed by atoms with Gasteiger partial charge in [0.1, 0.15) is 0 Å². The molecule has 0 saturated carbocycles. The van der Waals surface area contributed by atoms with Gasteiger partial charge in [-0.1, -0.05) is 0 Å². The molecule has 0 saturated heterocycles. The molecule has 1 aromatic heterocycles. The van der Waals surface area contributed by atoms with E-state index in [1.54, 1.807) is 3.71 Å². The van der Waals surface area contributed by atoms with E-state index in [0.717, 1.165) is 12.1 Å². The van der Waals surface area contributed by atoms with Crippen LogP contribution in [0.2, 0.25) is 13.3 Å². The van der Waals surface area contributed by atoms with Crippen LogP contribution in [0.1, 0.15) is 77.3 Å². The van der Waals surface area contributed by atoms with Gasteiger partial charge in [-0.2, -0.15) is 0 Å². The van der Waals surface area contributed by atoms with Crippen LogP contribution in [0.25, 0.3) is 10.9 Å². The fourth-order valence-corrected chi connectivity index (χ4v) is 22.2. The zero-order chi connectivity index (χ0) is 19.9. The molecule has 0 atom stereocenters. The Labute approximate surface area is 170 Å². The molecule has 1 heterocycles. The van der Waals surface area contributed by atoms with Gasteiger partial charge in [0.15, 0.2) is 0 Å². The van der Waals surface area contributed by atoms with Crippen LogP contribution in [0.5, 0.6) is 0 Å². The molecule has 0 bridgehead atoms. The van der Waals surface area contributed by atoms with Crippen molar-refractivity contribution in [3.63, 3.8) is 0 Å². The van der Waals surface area contributed by atoms with Gasteiger partial charge in [-0.15, -0.1) is 0 Å². The van der Waals surface area contributed by atoms with Crippen molar-refractivity contribution in [2.45, 2.75) is 93.0 Å². The number of rotatable bonds is 11. The fraction of sp³-hybridized carbons (Fsp3) is 0.625. The second-order valence-electron chi connectivity index (χ2n) is 8.19. The van der Waals surface area contributed by atoms with E-state index in [2.05, 4.69) is 63.5 Å². The van der Waals surface area contributed by atoms with Crippen molar-refractivity contribution >= 4 is 33.0 Å². The summed E-state index contributed by atoms with van der Waals surface area (Å²) < 4.78 is 8.35. The Kier molecular flexibility index (Phi) is 8.73. The summed E-state index contributed by atoms with van der Waals surface area (Å²) in [5, 5.41) is 11.4. The molecule has 0 aliphatic rings. The van der Waals surface area contributed by atoms with Crippen LogP contribution >= 0.6 is 0 Å². The van der Waals surface area contributed by atoms with Crippen molar-refractivity contribution in [2.24, 2.45) is 0 Å². The number of hydrogen-bond donors (Lipinski definition) is 0. The summed E-state index contributed by atoms with van der Waals surface area (Å²) in [5.74, 6) is 0. The van der Waals surface area contributed by atoms with Crippen molar-refractivity contribution < 1.29 is 0 Å². The summed E-state index contributed by atoms with van der Waals surface area (Å²) in [5.41, 5.74) is 3.63. The van der Waals surface area contributed by atoms with Gasteiger partial charge in [-0.25, -0.2) is 0 Å². The summed E-state index contributed by atoms with van der Waals surface area (Å²) in [6, 6.07) is 9.36. The monoisotopic (exact) mass is 474 g/mol. The maximum atomic E-state index is 10.2. The number of aryl methyl sites for hydroxylation is 2. The molecular formula is C24H38N2Sn. The summed E-state index contributed by atoms with van der Waals surface area (Å²) in [4.78, 5) is 0. The van der Waals surface area contributed by atoms with Crippen LogP contribution in [0.3, 0.4) is 0 Å². The van der Waals surface area contributed by atoms with Crippen LogP contribution in [-0.2, 0) is 6.54 Å². The molecule has 0 fully saturated rings. The van der Waals surface area contributed by atoms with Crippen molar-refractivity contribution in [1.82, 2.24) is 4.57 Å². The first-order valence-corrected chi connectivity index (χ1v) is 18.6. The molecule has 2 nitrogen and oxygen atoms in total. The molecule has 0 amide bonds. The first-order valence-electron chi connectivity index (χ1n) is 11.1. The van der Waals surface area contributed by atoms with Gasteiger partial charge in [0.2, 0.25) is 0 Å². The summed E-state index contributed by atoms with van der Waals surface area (Å²) in [7, 11) is 0. The van der Waals surface area contributed by atoms with E-state index in [9.17, 15) is 5.26 Å². The van der Waals surface area contributed by atoms with Gasteiger partial charge < -0.3 is 0 Å². The molecule has 0 aliphatic carbocycles. The fourth-order valence-electron chi connectivity index (χ4n) is 4.73. The van der Waals surface area contributed by atoms with Gasteiger partial charge in [0.25, 0.3) is 0 Å². The minimum absolute atomic E-state index is 0.986. The zero-order valence-electron chi connectivity index (χ0n) is 18.2. The van der Waals surface area contributed by atoms with Gasteiger partial charge in [-0.05, 0) is 0 Å². The molecule has 148 valence electrons. The third-order valence-corrected chi connectivity index (χ3v) is 21.8. The number of nitriles is 1. The van der Waals surface area contributed by atoms with E-state index in [4.69, 9.17) is 0 Å². The number of aromatic nitrogens is 1. The van der Waals surface area contributed by atoms with Crippen LogP contribution in [0.4, 0.5) is 0 Å². The Morgan fingerprint density at radius 3 is 1.93 bits per heavy atom. The molecule has 0 radical (unpaired) electrons. The first kappa shape index (κ1) is 22.3. The van der Waals surface area contributed by atoms with Crippen molar-refractivity contribution in [1.29, 1.82) is 5.26 Å². The third-order valence-electron chi connectivity index (χ3n) is 6.18. The molecular weight excluding hydrogens is 435 g/mol. The Bertz CT molecular complexity index is 760. The number of nitrogens with zero attached hydrogens (tertiary/aromatic N) is 2. The Morgan fingerprint density at radius 1 is 0.926 bits per heavy atom. The van der Waals surface area contributed by atoms with E-state index in [-0.39, 0.29) is 0 Å². The molecule has 2 aromatic rings. The Morgan fingerprint density at radius 2 is 1.48 bits per heavy atom. The van der Waals surface area contributed by atoms with E-state index >= 15 is 0 Å². The quantitative estimate of drug-likeness (QED) is 0.327. The van der Waals surface area contributed by atoms with Crippen molar-refractivity contribution in [3.8, 4) is 6.07 Å². The first-order chi connectivity index (χ1) is 13.1.